The quantitative estimate of drug-likeness (QED) is 0.212. The lowest BCUT2D eigenvalue weighted by molar-refractivity contribution is -0.136. The number of carbonyl (C=O) groups is 2. The van der Waals surface area contributed by atoms with E-state index in [4.69, 9.17) is 21.4 Å². The first kappa shape index (κ1) is 27.1. The number of rotatable bonds is 11. The van der Waals surface area contributed by atoms with Crippen LogP contribution in [0.15, 0.2) is 97.1 Å². The first-order chi connectivity index (χ1) is 18.4. The van der Waals surface area contributed by atoms with Gasteiger partial charge in [0.1, 0.15) is 6.10 Å². The molecule has 0 unspecified atom stereocenters. The predicted octanol–water partition coefficient (Wildman–Crippen LogP) is 7.45. The molecular formula is C32H30ClNO4. The molecule has 0 fully saturated rings. The third kappa shape index (κ3) is 7.09. The number of carboxylic acids is 1. The van der Waals surface area contributed by atoms with Crippen molar-refractivity contribution in [2.24, 2.45) is 0 Å². The molecule has 0 aromatic heterocycles. The number of aliphatic carboxylic acids is 1. The van der Waals surface area contributed by atoms with Gasteiger partial charge < -0.3 is 15.2 Å². The Morgan fingerprint density at radius 3 is 2.29 bits per heavy atom. The van der Waals surface area contributed by atoms with Crippen molar-refractivity contribution in [1.29, 1.82) is 0 Å². The van der Waals surface area contributed by atoms with Crippen LogP contribution in [0, 0.1) is 0 Å². The molecule has 0 saturated heterocycles. The lowest BCUT2D eigenvalue weighted by Crippen LogP contribution is -2.25. The van der Waals surface area contributed by atoms with Crippen molar-refractivity contribution in [3.05, 3.63) is 124 Å². The van der Waals surface area contributed by atoms with Crippen LogP contribution in [-0.4, -0.2) is 23.5 Å². The van der Waals surface area contributed by atoms with Crippen LogP contribution in [0.2, 0.25) is 5.02 Å². The van der Waals surface area contributed by atoms with Crippen LogP contribution in [0.25, 0.3) is 16.3 Å². The van der Waals surface area contributed by atoms with Crippen molar-refractivity contribution >= 4 is 39.8 Å². The van der Waals surface area contributed by atoms with Gasteiger partial charge >= 0.3 is 5.97 Å². The molecule has 0 radical (unpaired) electrons. The Morgan fingerprint density at radius 1 is 0.921 bits per heavy atom. The van der Waals surface area contributed by atoms with Crippen LogP contribution in [0.5, 0.6) is 0 Å². The molecule has 1 amide bonds. The molecule has 6 heteroatoms. The van der Waals surface area contributed by atoms with Gasteiger partial charge in [-0.2, -0.15) is 0 Å². The first-order valence-electron chi connectivity index (χ1n) is 12.6. The SMILES string of the molecule is CC/C=C(\c1ccc(C(=O)NCCC(=O)O)cc1)[C@@H](OCc1ccc2ccccc2c1)c1ccc(Cl)cc1. The van der Waals surface area contributed by atoms with E-state index >= 15 is 0 Å². The van der Waals surface area contributed by atoms with E-state index < -0.39 is 5.97 Å². The molecule has 4 rings (SSSR count). The lowest BCUT2D eigenvalue weighted by Gasteiger charge is -2.23. The molecule has 1 atom stereocenters. The van der Waals surface area contributed by atoms with Crippen molar-refractivity contribution in [1.82, 2.24) is 5.32 Å². The fraction of sp³-hybridized carbons (Fsp3) is 0.188. The zero-order valence-electron chi connectivity index (χ0n) is 21.2. The molecule has 5 nitrogen and oxygen atoms in total. The summed E-state index contributed by atoms with van der Waals surface area (Å²) in [6, 6.07) is 29.5. The number of fused-ring (bicyclic) bond motifs is 1. The van der Waals surface area contributed by atoms with Crippen molar-refractivity contribution in [2.45, 2.75) is 32.5 Å². The number of allylic oxidation sites excluding steroid dienone is 1. The molecule has 38 heavy (non-hydrogen) atoms. The largest absolute Gasteiger partial charge is 0.481 e. The standard InChI is InChI=1S/C32H30ClNO4/c1-2-5-29(24-10-12-26(13-11-24)32(37)34-19-18-30(35)36)31(25-14-16-28(33)17-15-25)38-21-22-8-9-23-6-3-4-7-27(23)20-22/h3-17,20,31H,2,18-19,21H2,1H3,(H,34,37)(H,35,36)/b29-5+/t31-/m0/s1. The minimum atomic E-state index is -0.952. The molecule has 4 aromatic carbocycles. The zero-order chi connectivity index (χ0) is 26.9. The molecule has 0 bridgehead atoms. The molecule has 0 aliphatic rings. The Labute approximate surface area is 227 Å². The van der Waals surface area contributed by atoms with Crippen LogP contribution in [0.3, 0.4) is 0 Å². The van der Waals surface area contributed by atoms with E-state index in [-0.39, 0.29) is 25.0 Å². The number of carboxylic acid groups (broad SMARTS) is 1. The zero-order valence-corrected chi connectivity index (χ0v) is 21.9. The lowest BCUT2D eigenvalue weighted by atomic mass is 9.93. The fourth-order valence-corrected chi connectivity index (χ4v) is 4.43. The summed E-state index contributed by atoms with van der Waals surface area (Å²) in [6.45, 7) is 2.58. The normalized spacial score (nSPS) is 12.3. The summed E-state index contributed by atoms with van der Waals surface area (Å²) in [5.41, 5.74) is 4.45. The number of halogens is 1. The summed E-state index contributed by atoms with van der Waals surface area (Å²) >= 11 is 6.18. The molecule has 2 N–H and O–H groups in total. The van der Waals surface area contributed by atoms with Crippen molar-refractivity contribution in [3.8, 4) is 0 Å². The minimum absolute atomic E-state index is 0.0815. The number of amides is 1. The van der Waals surface area contributed by atoms with Gasteiger partial charge in [-0.15, -0.1) is 0 Å². The summed E-state index contributed by atoms with van der Waals surface area (Å²) < 4.78 is 6.58. The molecule has 0 saturated carbocycles. The van der Waals surface area contributed by atoms with Crippen LogP contribution < -0.4 is 5.32 Å². The van der Waals surface area contributed by atoms with Crippen LogP contribution >= 0.6 is 11.6 Å². The second-order valence-electron chi connectivity index (χ2n) is 8.97. The van der Waals surface area contributed by atoms with Crippen LogP contribution in [0.1, 0.15) is 52.9 Å². The van der Waals surface area contributed by atoms with Crippen molar-refractivity contribution < 1.29 is 19.4 Å². The van der Waals surface area contributed by atoms with Crippen molar-refractivity contribution in [2.75, 3.05) is 6.54 Å². The molecular weight excluding hydrogens is 498 g/mol. The number of ether oxygens (including phenoxy) is 1. The van der Waals surface area contributed by atoms with E-state index in [1.165, 1.54) is 5.39 Å². The maximum atomic E-state index is 12.4. The Hall–Kier alpha value is -3.93. The summed E-state index contributed by atoms with van der Waals surface area (Å²) in [5.74, 6) is -1.26. The maximum absolute atomic E-state index is 12.4. The number of hydrogen-bond donors (Lipinski definition) is 2. The third-order valence-corrected chi connectivity index (χ3v) is 6.47. The van der Waals surface area contributed by atoms with E-state index in [1.54, 1.807) is 12.1 Å². The van der Waals surface area contributed by atoms with Gasteiger partial charge in [0.25, 0.3) is 5.91 Å². The van der Waals surface area contributed by atoms with E-state index in [0.29, 0.717) is 17.2 Å². The number of hydrogen-bond acceptors (Lipinski definition) is 3. The number of benzene rings is 4. The second-order valence-corrected chi connectivity index (χ2v) is 9.41. The van der Waals surface area contributed by atoms with Crippen molar-refractivity contribution in [3.63, 3.8) is 0 Å². The maximum Gasteiger partial charge on any atom is 0.305 e. The smallest absolute Gasteiger partial charge is 0.305 e. The molecule has 194 valence electrons. The average molecular weight is 528 g/mol. The predicted molar refractivity (Wildman–Crippen MR) is 152 cm³/mol. The van der Waals surface area contributed by atoms with Gasteiger partial charge in [-0.05, 0) is 69.8 Å². The summed E-state index contributed by atoms with van der Waals surface area (Å²) in [6.07, 6.45) is 2.47. The van der Waals surface area contributed by atoms with Crippen LogP contribution in [-0.2, 0) is 16.1 Å². The van der Waals surface area contributed by atoms with Gasteiger partial charge in [-0.25, -0.2) is 0 Å². The third-order valence-electron chi connectivity index (χ3n) is 6.21. The highest BCUT2D eigenvalue weighted by Gasteiger charge is 2.20. The molecule has 4 aromatic rings. The van der Waals surface area contributed by atoms with E-state index in [1.807, 2.05) is 48.5 Å². The van der Waals surface area contributed by atoms with Gasteiger partial charge in [0.15, 0.2) is 0 Å². The summed E-state index contributed by atoms with van der Waals surface area (Å²) in [4.78, 5) is 23.1. The highest BCUT2D eigenvalue weighted by molar-refractivity contribution is 6.30. The second kappa shape index (κ2) is 13.0. The Morgan fingerprint density at radius 2 is 1.61 bits per heavy atom. The monoisotopic (exact) mass is 527 g/mol. The molecule has 0 aliphatic heterocycles. The highest BCUT2D eigenvalue weighted by atomic mass is 35.5. The van der Waals surface area contributed by atoms with E-state index in [9.17, 15) is 9.59 Å². The highest BCUT2D eigenvalue weighted by Crippen LogP contribution is 2.35. The van der Waals surface area contributed by atoms with E-state index in [0.717, 1.165) is 34.1 Å². The Kier molecular flexibility index (Phi) is 9.30. The average Bonchev–Trinajstić information content (AvgIpc) is 2.93. The van der Waals surface area contributed by atoms with Gasteiger partial charge in [0, 0.05) is 17.1 Å². The van der Waals surface area contributed by atoms with Gasteiger partial charge in [0.05, 0.1) is 13.0 Å². The van der Waals surface area contributed by atoms with Crippen LogP contribution in [0.4, 0.5) is 0 Å². The molecule has 0 heterocycles. The van der Waals surface area contributed by atoms with Gasteiger partial charge in [0.2, 0.25) is 0 Å². The number of carbonyl (C=O) groups excluding carboxylic acids is 1. The van der Waals surface area contributed by atoms with Gasteiger partial charge in [-0.3, -0.25) is 9.59 Å². The summed E-state index contributed by atoms with van der Waals surface area (Å²) in [5, 5.41) is 14.4. The van der Waals surface area contributed by atoms with E-state index in [2.05, 4.69) is 48.6 Å². The molecule has 0 aliphatic carbocycles. The molecule has 0 spiro atoms. The Bertz CT molecular complexity index is 1430. The van der Waals surface area contributed by atoms with Gasteiger partial charge in [-0.1, -0.05) is 85.3 Å². The first-order valence-corrected chi connectivity index (χ1v) is 13.0. The fourth-order valence-electron chi connectivity index (χ4n) is 4.31. The topological polar surface area (TPSA) is 75.6 Å². The minimum Gasteiger partial charge on any atom is -0.481 e. The summed E-state index contributed by atoms with van der Waals surface area (Å²) in [7, 11) is 0. The number of nitrogens with one attached hydrogen (secondary N) is 1. The Balaban J connectivity index is 1.59.